The molecule has 0 saturated heterocycles. The van der Waals surface area contributed by atoms with Crippen LogP contribution in [0.4, 0.5) is 0 Å². The van der Waals surface area contributed by atoms with Crippen molar-refractivity contribution in [1.29, 1.82) is 0 Å². The third-order valence-corrected chi connectivity index (χ3v) is 4.27. The second kappa shape index (κ2) is 4.93. The van der Waals surface area contributed by atoms with Gasteiger partial charge in [0.15, 0.2) is 0 Å². The maximum Gasteiger partial charge on any atom is 0.0972 e. The molecule has 0 bridgehead atoms. The smallest absolute Gasteiger partial charge is 0.0972 e. The number of benzene rings is 2. The van der Waals surface area contributed by atoms with Crippen molar-refractivity contribution in [1.82, 2.24) is 9.97 Å². The summed E-state index contributed by atoms with van der Waals surface area (Å²) in [5.74, 6) is 0. The molecule has 0 fully saturated rings. The third-order valence-electron chi connectivity index (χ3n) is 3.58. The number of halogens is 1. The van der Waals surface area contributed by atoms with Gasteiger partial charge in [0.05, 0.1) is 16.7 Å². The molecule has 0 amide bonds. The summed E-state index contributed by atoms with van der Waals surface area (Å²) in [7, 11) is 0. The van der Waals surface area contributed by atoms with Crippen molar-refractivity contribution >= 4 is 37.7 Å². The van der Waals surface area contributed by atoms with Crippen LogP contribution in [0.15, 0.2) is 71.3 Å². The molecular formula is C18H11BrN2. The largest absolute Gasteiger partial charge is 0.254 e. The predicted octanol–water partition coefficient (Wildman–Crippen LogP) is 5.21. The average Bonchev–Trinajstić information content (AvgIpc) is 2.55. The van der Waals surface area contributed by atoms with E-state index >= 15 is 0 Å². The highest BCUT2D eigenvalue weighted by molar-refractivity contribution is 9.10. The van der Waals surface area contributed by atoms with Crippen molar-refractivity contribution in [2.24, 2.45) is 0 Å². The van der Waals surface area contributed by atoms with Crippen LogP contribution in [-0.4, -0.2) is 9.97 Å². The molecule has 21 heavy (non-hydrogen) atoms. The number of hydrogen-bond acceptors (Lipinski definition) is 2. The molecule has 0 atom stereocenters. The number of hydrogen-bond donors (Lipinski definition) is 0. The van der Waals surface area contributed by atoms with Gasteiger partial charge in [0.2, 0.25) is 0 Å². The van der Waals surface area contributed by atoms with Crippen LogP contribution < -0.4 is 0 Å². The van der Waals surface area contributed by atoms with Crippen molar-refractivity contribution in [3.63, 3.8) is 0 Å². The van der Waals surface area contributed by atoms with E-state index in [0.717, 1.165) is 37.5 Å². The van der Waals surface area contributed by atoms with Gasteiger partial charge < -0.3 is 0 Å². The van der Waals surface area contributed by atoms with Crippen LogP contribution in [0.3, 0.4) is 0 Å². The normalized spacial score (nSPS) is 11.1. The van der Waals surface area contributed by atoms with Crippen LogP contribution >= 0.6 is 15.9 Å². The van der Waals surface area contributed by atoms with E-state index in [9.17, 15) is 0 Å². The second-order valence-electron chi connectivity index (χ2n) is 4.89. The van der Waals surface area contributed by atoms with Crippen molar-refractivity contribution in [2.45, 2.75) is 0 Å². The van der Waals surface area contributed by atoms with Crippen LogP contribution in [0, 0.1) is 0 Å². The minimum absolute atomic E-state index is 0.946. The molecule has 0 aliphatic heterocycles. The van der Waals surface area contributed by atoms with E-state index in [-0.39, 0.29) is 0 Å². The minimum atomic E-state index is 0.946. The molecule has 0 N–H and O–H groups in total. The van der Waals surface area contributed by atoms with E-state index in [1.54, 1.807) is 0 Å². The lowest BCUT2D eigenvalue weighted by Crippen LogP contribution is -1.89. The maximum atomic E-state index is 4.84. The van der Waals surface area contributed by atoms with Gasteiger partial charge in [-0.3, -0.25) is 4.98 Å². The number of rotatable bonds is 1. The first-order chi connectivity index (χ1) is 10.3. The molecule has 0 aliphatic carbocycles. The first-order valence-corrected chi connectivity index (χ1v) is 7.52. The molecule has 100 valence electrons. The number of fused-ring (bicyclic) bond motifs is 3. The molecular weight excluding hydrogens is 324 g/mol. The fourth-order valence-electron chi connectivity index (χ4n) is 2.54. The number of nitrogens with zero attached hydrogens (tertiary/aromatic N) is 2. The molecule has 0 aliphatic rings. The van der Waals surface area contributed by atoms with Crippen LogP contribution in [-0.2, 0) is 0 Å². The molecule has 0 unspecified atom stereocenters. The number of pyridine rings is 2. The summed E-state index contributed by atoms with van der Waals surface area (Å²) < 4.78 is 1.05. The fraction of sp³-hybridized carbons (Fsp3) is 0. The van der Waals surface area contributed by atoms with Crippen molar-refractivity contribution in [3.8, 4) is 11.3 Å². The summed E-state index contributed by atoms with van der Waals surface area (Å²) in [6.45, 7) is 0. The molecule has 3 heteroatoms. The SMILES string of the molecule is Brc1ccccc1-c1ccc2ccc3cccnc3c2n1. The van der Waals surface area contributed by atoms with Crippen molar-refractivity contribution < 1.29 is 0 Å². The van der Waals surface area contributed by atoms with Crippen LogP contribution in [0.2, 0.25) is 0 Å². The summed E-state index contributed by atoms with van der Waals surface area (Å²) in [5.41, 5.74) is 3.94. The van der Waals surface area contributed by atoms with Gasteiger partial charge >= 0.3 is 0 Å². The Morgan fingerprint density at radius 2 is 1.48 bits per heavy atom. The molecule has 4 rings (SSSR count). The average molecular weight is 335 g/mol. The Bertz CT molecular complexity index is 963. The molecule has 2 aromatic heterocycles. The lowest BCUT2D eigenvalue weighted by Gasteiger charge is -2.07. The molecule has 2 aromatic carbocycles. The van der Waals surface area contributed by atoms with Gasteiger partial charge in [0.1, 0.15) is 0 Å². The Labute approximate surface area is 130 Å². The topological polar surface area (TPSA) is 25.8 Å². The van der Waals surface area contributed by atoms with Gasteiger partial charge in [-0.2, -0.15) is 0 Å². The molecule has 0 radical (unpaired) electrons. The van der Waals surface area contributed by atoms with E-state index < -0.39 is 0 Å². The van der Waals surface area contributed by atoms with Gasteiger partial charge in [0, 0.05) is 27.0 Å². The van der Waals surface area contributed by atoms with Gasteiger partial charge in [-0.15, -0.1) is 0 Å². The highest BCUT2D eigenvalue weighted by atomic mass is 79.9. The van der Waals surface area contributed by atoms with Crippen LogP contribution in [0.1, 0.15) is 0 Å². The van der Waals surface area contributed by atoms with E-state index in [2.05, 4.69) is 57.3 Å². The summed E-state index contributed by atoms with van der Waals surface area (Å²) in [4.78, 5) is 9.33. The summed E-state index contributed by atoms with van der Waals surface area (Å²) >= 11 is 3.59. The number of aromatic nitrogens is 2. The summed E-state index contributed by atoms with van der Waals surface area (Å²) in [6.07, 6.45) is 1.81. The summed E-state index contributed by atoms with van der Waals surface area (Å²) in [5, 5.41) is 2.22. The zero-order chi connectivity index (χ0) is 14.2. The van der Waals surface area contributed by atoms with Gasteiger partial charge in [0.25, 0.3) is 0 Å². The fourth-order valence-corrected chi connectivity index (χ4v) is 3.03. The minimum Gasteiger partial charge on any atom is -0.254 e. The van der Waals surface area contributed by atoms with Crippen LogP contribution in [0.25, 0.3) is 33.1 Å². The maximum absolute atomic E-state index is 4.84. The highest BCUT2D eigenvalue weighted by Gasteiger charge is 2.07. The summed E-state index contributed by atoms with van der Waals surface area (Å²) in [6, 6.07) is 20.5. The van der Waals surface area contributed by atoms with E-state index in [0.29, 0.717) is 0 Å². The van der Waals surface area contributed by atoms with Gasteiger partial charge in [-0.1, -0.05) is 58.4 Å². The van der Waals surface area contributed by atoms with E-state index in [1.165, 1.54) is 0 Å². The Kier molecular flexibility index (Phi) is 2.93. The van der Waals surface area contributed by atoms with E-state index in [4.69, 9.17) is 4.98 Å². The molecule has 2 heterocycles. The first kappa shape index (κ1) is 12.5. The quantitative estimate of drug-likeness (QED) is 0.446. The molecule has 4 aromatic rings. The Morgan fingerprint density at radius 1 is 0.714 bits per heavy atom. The zero-order valence-electron chi connectivity index (χ0n) is 11.1. The third kappa shape index (κ3) is 2.10. The highest BCUT2D eigenvalue weighted by Crippen LogP contribution is 2.29. The Balaban J connectivity index is 2.05. The standard InChI is InChI=1S/C18H11BrN2/c19-15-6-2-1-5-14(15)16-10-9-13-8-7-12-4-3-11-20-17(12)18(13)21-16/h1-11H. The Morgan fingerprint density at radius 3 is 2.33 bits per heavy atom. The Hall–Kier alpha value is -2.26. The molecule has 2 nitrogen and oxygen atoms in total. The predicted molar refractivity (Wildman–Crippen MR) is 90.2 cm³/mol. The van der Waals surface area contributed by atoms with Gasteiger partial charge in [-0.25, -0.2) is 4.98 Å². The lowest BCUT2D eigenvalue weighted by atomic mass is 10.1. The van der Waals surface area contributed by atoms with Crippen molar-refractivity contribution in [2.75, 3.05) is 0 Å². The first-order valence-electron chi connectivity index (χ1n) is 6.72. The monoisotopic (exact) mass is 334 g/mol. The zero-order valence-corrected chi connectivity index (χ0v) is 12.7. The second-order valence-corrected chi connectivity index (χ2v) is 5.74. The molecule has 0 spiro atoms. The van der Waals surface area contributed by atoms with Crippen molar-refractivity contribution in [3.05, 3.63) is 71.3 Å². The molecule has 0 saturated carbocycles. The lowest BCUT2D eigenvalue weighted by molar-refractivity contribution is 1.36. The van der Waals surface area contributed by atoms with Crippen LogP contribution in [0.5, 0.6) is 0 Å². The van der Waals surface area contributed by atoms with E-state index in [1.807, 2.05) is 30.5 Å². The van der Waals surface area contributed by atoms with Gasteiger partial charge in [-0.05, 0) is 18.2 Å².